The number of carboxylic acid groups (broad SMARTS) is 1. The van der Waals surface area contributed by atoms with Gasteiger partial charge in [0.15, 0.2) is 5.76 Å². The maximum Gasteiger partial charge on any atom is 0.352 e. The highest BCUT2D eigenvalue weighted by Gasteiger charge is 2.12. The van der Waals surface area contributed by atoms with Crippen LogP contribution in [0.5, 0.6) is 5.75 Å². The van der Waals surface area contributed by atoms with Crippen molar-refractivity contribution in [3.05, 3.63) is 42.1 Å². The molecule has 0 atom stereocenters. The molecular weight excluding hydrogens is 234 g/mol. The van der Waals surface area contributed by atoms with E-state index < -0.39 is 5.97 Å². The summed E-state index contributed by atoms with van der Waals surface area (Å²) in [4.78, 5) is 13.5. The summed E-state index contributed by atoms with van der Waals surface area (Å²) in [6.45, 7) is 0. The smallest absolute Gasteiger partial charge is 0.352 e. The van der Waals surface area contributed by atoms with Gasteiger partial charge in [0.1, 0.15) is 17.0 Å². The number of furan rings is 1. The lowest BCUT2D eigenvalue weighted by atomic mass is 10.2. The third-order valence-electron chi connectivity index (χ3n) is 2.72. The summed E-state index contributed by atoms with van der Waals surface area (Å²) in [5, 5.41) is 19.1. The average Bonchev–Trinajstić information content (AvgIpc) is 2.95. The van der Waals surface area contributed by atoms with Gasteiger partial charge >= 0.3 is 5.97 Å². The molecule has 2 heterocycles. The largest absolute Gasteiger partial charge is 0.507 e. The van der Waals surface area contributed by atoms with E-state index in [2.05, 4.69) is 4.98 Å². The number of rotatable bonds is 2. The number of phenolic OH excluding ortho intramolecular Hbond substituents is 1. The van der Waals surface area contributed by atoms with E-state index in [4.69, 9.17) is 9.52 Å². The number of aromatic carboxylic acids is 1. The van der Waals surface area contributed by atoms with Gasteiger partial charge in [0.05, 0.1) is 11.1 Å². The zero-order chi connectivity index (χ0) is 12.7. The highest BCUT2D eigenvalue weighted by atomic mass is 16.4. The molecule has 1 aromatic carbocycles. The van der Waals surface area contributed by atoms with Crippen molar-refractivity contribution in [3.8, 4) is 17.2 Å². The Labute approximate surface area is 101 Å². The quantitative estimate of drug-likeness (QED) is 0.645. The van der Waals surface area contributed by atoms with Crippen molar-refractivity contribution in [2.24, 2.45) is 0 Å². The molecule has 3 rings (SSSR count). The van der Waals surface area contributed by atoms with Gasteiger partial charge in [-0.25, -0.2) is 4.79 Å². The number of aromatic hydroxyl groups is 1. The molecule has 0 aliphatic rings. The van der Waals surface area contributed by atoms with Crippen LogP contribution in [-0.4, -0.2) is 21.2 Å². The van der Waals surface area contributed by atoms with Crippen LogP contribution in [0.1, 0.15) is 10.5 Å². The second-order valence-corrected chi connectivity index (χ2v) is 3.89. The molecule has 0 fully saturated rings. The molecule has 0 spiro atoms. The minimum atomic E-state index is -1.03. The number of carboxylic acids is 1. The SMILES string of the molecule is O=C(O)c1ccc(-c2cc3c(O)cccc3o2)[nH]1. The van der Waals surface area contributed by atoms with E-state index in [0.717, 1.165) is 0 Å². The van der Waals surface area contributed by atoms with E-state index >= 15 is 0 Å². The Kier molecular flexibility index (Phi) is 2.13. The van der Waals surface area contributed by atoms with Gasteiger partial charge in [-0.2, -0.15) is 0 Å². The van der Waals surface area contributed by atoms with E-state index in [9.17, 15) is 9.90 Å². The van der Waals surface area contributed by atoms with Gasteiger partial charge in [-0.05, 0) is 30.3 Å². The minimum absolute atomic E-state index is 0.0923. The molecular formula is C13H9NO4. The van der Waals surface area contributed by atoms with Crippen LogP contribution in [-0.2, 0) is 0 Å². The van der Waals surface area contributed by atoms with Crippen molar-refractivity contribution in [1.82, 2.24) is 4.98 Å². The Morgan fingerprint density at radius 3 is 2.72 bits per heavy atom. The average molecular weight is 243 g/mol. The topological polar surface area (TPSA) is 86.5 Å². The Balaban J connectivity index is 2.13. The lowest BCUT2D eigenvalue weighted by Gasteiger charge is -1.90. The van der Waals surface area contributed by atoms with E-state index in [1.54, 1.807) is 30.3 Å². The van der Waals surface area contributed by atoms with E-state index in [1.165, 1.54) is 6.07 Å². The van der Waals surface area contributed by atoms with Gasteiger partial charge in [0, 0.05) is 0 Å². The predicted molar refractivity (Wildman–Crippen MR) is 64.6 cm³/mol. The number of carbonyl (C=O) groups is 1. The molecule has 3 aromatic rings. The first-order valence-electron chi connectivity index (χ1n) is 5.29. The standard InChI is InChI=1S/C13H9NO4/c15-10-2-1-3-11-7(10)6-12(18-11)8-4-5-9(14-8)13(16)17/h1-6,14-15H,(H,16,17). The second kappa shape index (κ2) is 3.66. The summed E-state index contributed by atoms with van der Waals surface area (Å²) in [7, 11) is 0. The number of nitrogens with one attached hydrogen (secondary N) is 1. The number of aromatic amines is 1. The van der Waals surface area contributed by atoms with Crippen LogP contribution in [0.15, 0.2) is 40.8 Å². The molecule has 0 aliphatic heterocycles. The number of fused-ring (bicyclic) bond motifs is 1. The van der Waals surface area contributed by atoms with Crippen molar-refractivity contribution in [2.45, 2.75) is 0 Å². The molecule has 0 unspecified atom stereocenters. The Morgan fingerprint density at radius 1 is 1.22 bits per heavy atom. The van der Waals surface area contributed by atoms with Crippen molar-refractivity contribution in [2.75, 3.05) is 0 Å². The molecule has 0 saturated heterocycles. The molecule has 18 heavy (non-hydrogen) atoms. The third kappa shape index (κ3) is 1.53. The number of phenols is 1. The maximum atomic E-state index is 10.8. The minimum Gasteiger partial charge on any atom is -0.507 e. The molecule has 2 aromatic heterocycles. The molecule has 0 amide bonds. The summed E-state index contributed by atoms with van der Waals surface area (Å²) >= 11 is 0. The molecule has 90 valence electrons. The summed E-state index contributed by atoms with van der Waals surface area (Å²) in [5.41, 5.74) is 1.20. The van der Waals surface area contributed by atoms with E-state index in [0.29, 0.717) is 22.4 Å². The molecule has 3 N–H and O–H groups in total. The molecule has 0 aliphatic carbocycles. The summed E-state index contributed by atoms with van der Waals surface area (Å²) < 4.78 is 5.54. The fourth-order valence-electron chi connectivity index (χ4n) is 1.84. The van der Waals surface area contributed by atoms with E-state index in [1.807, 2.05) is 0 Å². The molecule has 5 heteroatoms. The van der Waals surface area contributed by atoms with Crippen molar-refractivity contribution < 1.29 is 19.4 Å². The van der Waals surface area contributed by atoms with Gasteiger partial charge in [-0.1, -0.05) is 6.07 Å². The third-order valence-corrected chi connectivity index (χ3v) is 2.72. The predicted octanol–water partition coefficient (Wildman–Crippen LogP) is 2.83. The van der Waals surface area contributed by atoms with Crippen molar-refractivity contribution in [3.63, 3.8) is 0 Å². The van der Waals surface area contributed by atoms with Crippen LogP contribution in [0.25, 0.3) is 22.4 Å². The first-order valence-corrected chi connectivity index (χ1v) is 5.29. The molecule has 0 bridgehead atoms. The van der Waals surface area contributed by atoms with E-state index in [-0.39, 0.29) is 11.4 Å². The zero-order valence-electron chi connectivity index (χ0n) is 9.18. The highest BCUT2D eigenvalue weighted by molar-refractivity contribution is 5.89. The number of benzene rings is 1. The number of H-pyrrole nitrogens is 1. The first-order chi connectivity index (χ1) is 8.65. The van der Waals surface area contributed by atoms with Crippen molar-refractivity contribution in [1.29, 1.82) is 0 Å². The lowest BCUT2D eigenvalue weighted by Crippen LogP contribution is -1.95. The molecule has 5 nitrogen and oxygen atoms in total. The van der Waals surface area contributed by atoms with Crippen molar-refractivity contribution >= 4 is 16.9 Å². The number of aromatic nitrogens is 1. The monoisotopic (exact) mass is 243 g/mol. The fraction of sp³-hybridized carbons (Fsp3) is 0. The first kappa shape index (κ1) is 10.5. The Bertz CT molecular complexity index is 738. The summed E-state index contributed by atoms with van der Waals surface area (Å²) in [6.07, 6.45) is 0. The van der Waals surface area contributed by atoms with Gasteiger partial charge in [-0.3, -0.25) is 0 Å². The second-order valence-electron chi connectivity index (χ2n) is 3.89. The zero-order valence-corrected chi connectivity index (χ0v) is 9.18. The van der Waals surface area contributed by atoms with Crippen LogP contribution < -0.4 is 0 Å². The number of hydrogen-bond donors (Lipinski definition) is 3. The summed E-state index contributed by atoms with van der Waals surface area (Å²) in [5.74, 6) is -0.410. The Morgan fingerprint density at radius 2 is 2.06 bits per heavy atom. The van der Waals surface area contributed by atoms with Crippen LogP contribution in [0, 0.1) is 0 Å². The summed E-state index contributed by atoms with van der Waals surface area (Å²) in [6, 6.07) is 9.74. The molecule has 0 radical (unpaired) electrons. The lowest BCUT2D eigenvalue weighted by molar-refractivity contribution is 0.0691. The highest BCUT2D eigenvalue weighted by Crippen LogP contribution is 2.32. The van der Waals surface area contributed by atoms with Gasteiger partial charge in [-0.15, -0.1) is 0 Å². The van der Waals surface area contributed by atoms with Crippen LogP contribution in [0.3, 0.4) is 0 Å². The van der Waals surface area contributed by atoms with Crippen LogP contribution >= 0.6 is 0 Å². The van der Waals surface area contributed by atoms with Crippen LogP contribution in [0.2, 0.25) is 0 Å². The van der Waals surface area contributed by atoms with Gasteiger partial charge < -0.3 is 19.6 Å². The molecule has 0 saturated carbocycles. The number of hydrogen-bond acceptors (Lipinski definition) is 3. The van der Waals surface area contributed by atoms with Gasteiger partial charge in [0.2, 0.25) is 0 Å². The Hall–Kier alpha value is -2.69. The normalized spacial score (nSPS) is 10.9. The van der Waals surface area contributed by atoms with Crippen LogP contribution in [0.4, 0.5) is 0 Å². The van der Waals surface area contributed by atoms with Gasteiger partial charge in [0.25, 0.3) is 0 Å². The maximum absolute atomic E-state index is 10.8. The fourth-order valence-corrected chi connectivity index (χ4v) is 1.84.